The Bertz CT molecular complexity index is 7320. The minimum atomic E-state index is 0.700. The SMILES string of the molecule is c1ccc(-c2nc(-c3ccc(-c4nn5c(-c6ccccc6)cc6ccccc6c5c4-c4ccccc4)cc3)cc(-c3cccc4c3sc3ccccc34)n2)cc1.c1ccc(-c2nc(-c3ccc(-c4nn5c(-c6ccccc6)cc6ccccc6c5c4-c4ccccc4)cc3)cc(-c3cccc4sc5ccccc5c34)n2)cc1. The van der Waals surface area contributed by atoms with Crippen molar-refractivity contribution in [3.63, 3.8) is 0 Å². The molecule has 0 saturated carbocycles. The molecule has 22 rings (SSSR count). The largest absolute Gasteiger partial charge is 0.231 e. The molecule has 8 heterocycles. The van der Waals surface area contributed by atoms with Crippen molar-refractivity contribution >= 4 is 95.6 Å². The van der Waals surface area contributed by atoms with Gasteiger partial charge in [0.25, 0.3) is 0 Å². The molecule has 0 atom stereocenters. The predicted octanol–water partition coefficient (Wildman–Crippen LogP) is 27.3. The van der Waals surface area contributed by atoms with Crippen LogP contribution in [0.5, 0.6) is 0 Å². The number of nitrogens with zero attached hydrogens (tertiary/aromatic N) is 8. The second-order valence-electron chi connectivity index (χ2n) is 28.0. The van der Waals surface area contributed by atoms with Crippen LogP contribution in [0.1, 0.15) is 0 Å². The standard InChI is InChI=1S/2C51H32N4S/c1-4-15-34(16-5-1)45-31-38-21-10-11-22-39(38)49-47(35-17-6-2-7-18-35)48(54-55(45)49)36-29-27-33(28-30-36)43-32-44(53-51(52-43)37-19-8-3-9-20-37)42-25-14-24-41-40-23-12-13-26-46(40)56-50(41)42;1-4-15-34(16-5-1)44-31-38-21-10-11-22-39(38)50-47(35-17-6-2-7-18-35)49(54-55(44)50)36-29-27-33(28-30-36)42-32-43(53-51(52-42)37-19-8-3-9-20-37)40-24-14-26-46-48(40)41-23-12-13-25-45(41)56-46/h2*1-32H. The zero-order chi connectivity index (χ0) is 74.0. The monoisotopic (exact) mass is 1460 g/mol. The Morgan fingerprint density at radius 3 is 1.05 bits per heavy atom. The van der Waals surface area contributed by atoms with Gasteiger partial charge in [-0.05, 0) is 64.4 Å². The quantitative estimate of drug-likeness (QED) is 0.121. The van der Waals surface area contributed by atoms with Crippen LogP contribution in [0.2, 0.25) is 0 Å². The van der Waals surface area contributed by atoms with Crippen molar-refractivity contribution in [2.75, 3.05) is 0 Å². The van der Waals surface area contributed by atoms with Gasteiger partial charge >= 0.3 is 0 Å². The van der Waals surface area contributed by atoms with Crippen LogP contribution in [0.15, 0.2) is 388 Å². The second-order valence-corrected chi connectivity index (χ2v) is 30.2. The molecule has 0 N–H and O–H groups in total. The first-order valence-electron chi connectivity index (χ1n) is 37.6. The zero-order valence-corrected chi connectivity index (χ0v) is 62.0. The van der Waals surface area contributed by atoms with Crippen LogP contribution in [0.4, 0.5) is 0 Å². The van der Waals surface area contributed by atoms with Gasteiger partial charge in [-0.2, -0.15) is 10.2 Å². The lowest BCUT2D eigenvalue weighted by atomic mass is 9.96. The molecule has 0 unspecified atom stereocenters. The minimum Gasteiger partial charge on any atom is -0.231 e. The van der Waals surface area contributed by atoms with E-state index in [9.17, 15) is 0 Å². The molecular formula is C102H64N8S2. The van der Waals surface area contributed by atoms with E-state index < -0.39 is 0 Å². The van der Waals surface area contributed by atoms with Crippen LogP contribution in [0, 0.1) is 0 Å². The average molecular weight is 1470 g/mol. The Kier molecular flexibility index (Phi) is 16.4. The van der Waals surface area contributed by atoms with Crippen molar-refractivity contribution in [3.8, 4) is 135 Å². The lowest BCUT2D eigenvalue weighted by molar-refractivity contribution is 0.979. The van der Waals surface area contributed by atoms with Gasteiger partial charge in [0.05, 0.1) is 45.2 Å². The van der Waals surface area contributed by atoms with Gasteiger partial charge in [-0.25, -0.2) is 29.0 Å². The zero-order valence-electron chi connectivity index (χ0n) is 60.3. The molecule has 22 aromatic rings. The molecule has 0 spiro atoms. The van der Waals surface area contributed by atoms with Crippen LogP contribution in [0.3, 0.4) is 0 Å². The highest BCUT2D eigenvalue weighted by Crippen LogP contribution is 2.47. The van der Waals surface area contributed by atoms with Gasteiger partial charge in [-0.1, -0.05) is 346 Å². The number of thiophene rings is 2. The van der Waals surface area contributed by atoms with Gasteiger partial charge in [0, 0.05) is 118 Å². The first-order valence-corrected chi connectivity index (χ1v) is 39.2. The summed E-state index contributed by atoms with van der Waals surface area (Å²) in [7, 11) is 0. The van der Waals surface area contributed by atoms with E-state index in [0.717, 1.165) is 145 Å². The molecule has 0 aliphatic heterocycles. The smallest absolute Gasteiger partial charge is 0.160 e. The highest BCUT2D eigenvalue weighted by Gasteiger charge is 2.26. The maximum Gasteiger partial charge on any atom is 0.160 e. The number of aromatic nitrogens is 8. The van der Waals surface area contributed by atoms with Gasteiger partial charge < -0.3 is 0 Å². The topological polar surface area (TPSA) is 86.2 Å². The molecule has 10 heteroatoms. The van der Waals surface area contributed by atoms with Crippen molar-refractivity contribution < 1.29 is 0 Å². The molecule has 0 radical (unpaired) electrons. The summed E-state index contributed by atoms with van der Waals surface area (Å²) < 4.78 is 9.30. The van der Waals surface area contributed by atoms with Crippen LogP contribution in [-0.2, 0) is 0 Å². The maximum absolute atomic E-state index is 5.44. The number of fused-ring (bicyclic) bond motifs is 12. The predicted molar refractivity (Wildman–Crippen MR) is 468 cm³/mol. The summed E-state index contributed by atoms with van der Waals surface area (Å²) in [6.45, 7) is 0. The van der Waals surface area contributed by atoms with Gasteiger partial charge in [0.1, 0.15) is 11.4 Å². The second kappa shape index (κ2) is 28.0. The Labute approximate surface area is 653 Å². The van der Waals surface area contributed by atoms with Crippen molar-refractivity contribution in [2.45, 2.75) is 0 Å². The first kappa shape index (κ1) is 65.8. The van der Waals surface area contributed by atoms with E-state index in [0.29, 0.717) is 11.6 Å². The van der Waals surface area contributed by atoms with Crippen LogP contribution >= 0.6 is 22.7 Å². The molecule has 8 nitrogen and oxygen atoms in total. The first-order chi connectivity index (χ1) is 55.5. The van der Waals surface area contributed by atoms with E-state index in [1.165, 1.54) is 51.1 Å². The summed E-state index contributed by atoms with van der Waals surface area (Å²) >= 11 is 3.64. The fourth-order valence-electron chi connectivity index (χ4n) is 16.0. The molecule has 0 aliphatic rings. The molecule has 0 fully saturated rings. The van der Waals surface area contributed by atoms with Gasteiger partial charge in [-0.3, -0.25) is 0 Å². The Hall–Kier alpha value is -14.4. The Balaban J connectivity index is 0.000000141. The van der Waals surface area contributed by atoms with Crippen molar-refractivity contribution in [3.05, 3.63) is 388 Å². The molecule has 0 saturated heterocycles. The molecule has 0 bridgehead atoms. The van der Waals surface area contributed by atoms with Crippen molar-refractivity contribution in [1.29, 1.82) is 0 Å². The number of benzene rings is 14. The summed E-state index contributed by atoms with van der Waals surface area (Å²) in [5.74, 6) is 1.40. The highest BCUT2D eigenvalue weighted by molar-refractivity contribution is 7.26. The molecule has 0 amide bonds. The van der Waals surface area contributed by atoms with Crippen LogP contribution in [0.25, 0.3) is 208 Å². The molecule has 0 aliphatic carbocycles. The van der Waals surface area contributed by atoms with Gasteiger partial charge in [-0.15, -0.1) is 22.7 Å². The fraction of sp³-hybridized carbons (Fsp3) is 0. The summed E-state index contributed by atoms with van der Waals surface area (Å²) in [6.07, 6.45) is 0. The van der Waals surface area contributed by atoms with Crippen molar-refractivity contribution in [2.24, 2.45) is 0 Å². The average Bonchev–Trinajstić information content (AvgIpc) is 1.56. The third kappa shape index (κ3) is 11.8. The summed E-state index contributed by atoms with van der Waals surface area (Å²) in [4.78, 5) is 20.8. The fourth-order valence-corrected chi connectivity index (χ4v) is 18.4. The summed E-state index contributed by atoms with van der Waals surface area (Å²) in [5, 5.41) is 20.6. The van der Waals surface area contributed by atoms with E-state index in [-0.39, 0.29) is 0 Å². The van der Waals surface area contributed by atoms with Gasteiger partial charge in [0.2, 0.25) is 0 Å². The normalized spacial score (nSPS) is 11.6. The third-order valence-electron chi connectivity index (χ3n) is 21.3. The number of hydrogen-bond acceptors (Lipinski definition) is 8. The molecule has 14 aromatic carbocycles. The van der Waals surface area contributed by atoms with E-state index in [4.69, 9.17) is 30.1 Å². The van der Waals surface area contributed by atoms with E-state index in [1.54, 1.807) is 0 Å². The molecular weight excluding hydrogens is 1400 g/mol. The summed E-state index contributed by atoms with van der Waals surface area (Å²) in [5.41, 5.74) is 24.7. The lowest BCUT2D eigenvalue weighted by Crippen LogP contribution is -1.96. The molecule has 8 aromatic heterocycles. The summed E-state index contributed by atoms with van der Waals surface area (Å²) in [6, 6.07) is 137. The maximum atomic E-state index is 5.44. The van der Waals surface area contributed by atoms with E-state index in [1.807, 2.05) is 59.1 Å². The Morgan fingerprint density at radius 1 is 0.223 bits per heavy atom. The Morgan fingerprint density at radius 2 is 0.571 bits per heavy atom. The molecule has 524 valence electrons. The number of pyridine rings is 2. The molecule has 112 heavy (non-hydrogen) atoms. The lowest BCUT2D eigenvalue weighted by Gasteiger charge is -2.11. The van der Waals surface area contributed by atoms with Crippen LogP contribution < -0.4 is 0 Å². The number of rotatable bonds is 12. The number of hydrogen-bond donors (Lipinski definition) is 0. The third-order valence-corrected chi connectivity index (χ3v) is 23.6. The minimum absolute atomic E-state index is 0.700. The van der Waals surface area contributed by atoms with E-state index >= 15 is 0 Å². The van der Waals surface area contributed by atoms with Gasteiger partial charge in [0.15, 0.2) is 11.6 Å². The van der Waals surface area contributed by atoms with Crippen molar-refractivity contribution in [1.82, 2.24) is 39.2 Å². The van der Waals surface area contributed by atoms with Crippen LogP contribution in [-0.4, -0.2) is 39.2 Å². The highest BCUT2D eigenvalue weighted by atomic mass is 32.1. The van der Waals surface area contributed by atoms with E-state index in [2.05, 4.69) is 361 Å².